The van der Waals surface area contributed by atoms with E-state index in [4.69, 9.17) is 17.3 Å². The summed E-state index contributed by atoms with van der Waals surface area (Å²) in [7, 11) is 0. The fourth-order valence-electron chi connectivity index (χ4n) is 2.92. The van der Waals surface area contributed by atoms with Crippen molar-refractivity contribution in [1.29, 1.82) is 0 Å². The van der Waals surface area contributed by atoms with Crippen LogP contribution in [0.25, 0.3) is 5.69 Å². The van der Waals surface area contributed by atoms with Crippen molar-refractivity contribution >= 4 is 35.6 Å². The Morgan fingerprint density at radius 1 is 1.17 bits per heavy atom. The van der Waals surface area contributed by atoms with E-state index in [1.807, 2.05) is 23.1 Å². The number of halogens is 2. The molecule has 0 atom stereocenters. The number of hydrogen-bond donors (Lipinski definition) is 2. The molecule has 0 unspecified atom stereocenters. The van der Waals surface area contributed by atoms with Crippen LogP contribution in [0.5, 0.6) is 0 Å². The van der Waals surface area contributed by atoms with Crippen molar-refractivity contribution in [2.45, 2.75) is 6.42 Å². The van der Waals surface area contributed by atoms with E-state index in [2.05, 4.69) is 27.5 Å². The van der Waals surface area contributed by atoms with E-state index in [1.54, 1.807) is 29.2 Å². The van der Waals surface area contributed by atoms with E-state index < -0.39 is 0 Å². The van der Waals surface area contributed by atoms with Crippen LogP contribution in [0.1, 0.15) is 5.56 Å². The molecule has 0 saturated heterocycles. The second kappa shape index (κ2) is 11.5. The zero-order valence-electron chi connectivity index (χ0n) is 15.9. The number of hydrogen-bond acceptors (Lipinski definition) is 5. The molecule has 0 saturated carbocycles. The van der Waals surface area contributed by atoms with Crippen LogP contribution in [-0.2, 0) is 11.2 Å². The van der Waals surface area contributed by atoms with Gasteiger partial charge < -0.3 is 11.1 Å². The second-order valence-electron chi connectivity index (χ2n) is 6.35. The third-order valence-corrected chi connectivity index (χ3v) is 4.51. The highest BCUT2D eigenvalue weighted by molar-refractivity contribution is 6.31. The number of carbonyl (C=O) groups excluding carboxylic acids is 1. The van der Waals surface area contributed by atoms with Crippen molar-refractivity contribution in [3.05, 3.63) is 71.8 Å². The maximum atomic E-state index is 12.7. The van der Waals surface area contributed by atoms with Crippen LogP contribution < -0.4 is 11.1 Å². The Hall–Kier alpha value is -2.45. The Morgan fingerprint density at radius 2 is 1.97 bits per heavy atom. The smallest absolute Gasteiger partial charge is 0.238 e. The molecule has 1 aromatic heterocycles. The van der Waals surface area contributed by atoms with Gasteiger partial charge in [0.05, 0.1) is 17.9 Å². The number of nitrogens with two attached hydrogens (primary N) is 1. The molecule has 7 nitrogen and oxygen atoms in total. The standard InChI is InChI=1S/C20H23ClN6O.ClH/c21-17-6-7-19(27-15-23-14-24-27)18(12-17)25-20(28)13-26(11-9-22)10-8-16-4-2-1-3-5-16;/h1-7,12,14-15H,8-11,13,22H2,(H,25,28);1H. The summed E-state index contributed by atoms with van der Waals surface area (Å²) < 4.78 is 1.58. The highest BCUT2D eigenvalue weighted by Crippen LogP contribution is 2.23. The zero-order chi connectivity index (χ0) is 19.8. The summed E-state index contributed by atoms with van der Waals surface area (Å²) in [6.07, 6.45) is 3.86. The van der Waals surface area contributed by atoms with E-state index in [1.165, 1.54) is 11.9 Å². The van der Waals surface area contributed by atoms with Crippen molar-refractivity contribution in [2.24, 2.45) is 5.73 Å². The van der Waals surface area contributed by atoms with Crippen molar-refractivity contribution in [3.63, 3.8) is 0 Å². The first kappa shape index (κ1) is 22.8. The molecule has 154 valence electrons. The third-order valence-electron chi connectivity index (χ3n) is 4.27. The van der Waals surface area contributed by atoms with Gasteiger partial charge in [0.1, 0.15) is 12.7 Å². The molecule has 0 spiro atoms. The van der Waals surface area contributed by atoms with Crippen LogP contribution in [-0.4, -0.2) is 51.8 Å². The van der Waals surface area contributed by atoms with Gasteiger partial charge in [-0.2, -0.15) is 5.10 Å². The molecule has 29 heavy (non-hydrogen) atoms. The van der Waals surface area contributed by atoms with Crippen LogP contribution >= 0.6 is 24.0 Å². The van der Waals surface area contributed by atoms with E-state index in [9.17, 15) is 4.79 Å². The third kappa shape index (κ3) is 6.83. The molecule has 1 amide bonds. The maximum Gasteiger partial charge on any atom is 0.238 e. The highest BCUT2D eigenvalue weighted by atomic mass is 35.5. The largest absolute Gasteiger partial charge is 0.329 e. The summed E-state index contributed by atoms with van der Waals surface area (Å²) in [5, 5.41) is 7.58. The lowest BCUT2D eigenvalue weighted by molar-refractivity contribution is -0.117. The number of benzene rings is 2. The van der Waals surface area contributed by atoms with Crippen LogP contribution in [0.3, 0.4) is 0 Å². The first-order valence-corrected chi connectivity index (χ1v) is 9.44. The molecule has 0 aliphatic carbocycles. The second-order valence-corrected chi connectivity index (χ2v) is 6.79. The number of nitrogens with zero attached hydrogens (tertiary/aromatic N) is 4. The number of nitrogens with one attached hydrogen (secondary N) is 1. The summed E-state index contributed by atoms with van der Waals surface area (Å²) in [6, 6.07) is 15.4. The summed E-state index contributed by atoms with van der Waals surface area (Å²) >= 11 is 6.11. The minimum atomic E-state index is -0.134. The molecular weight excluding hydrogens is 411 g/mol. The predicted octanol–water partition coefficient (Wildman–Crippen LogP) is 2.78. The average molecular weight is 435 g/mol. The van der Waals surface area contributed by atoms with Gasteiger partial charge in [0.15, 0.2) is 0 Å². The summed E-state index contributed by atoms with van der Waals surface area (Å²) in [6.45, 7) is 2.13. The maximum absolute atomic E-state index is 12.7. The SMILES string of the molecule is Cl.NCCN(CCc1ccccc1)CC(=O)Nc1cc(Cl)ccc1-n1cncn1. The zero-order valence-corrected chi connectivity index (χ0v) is 17.4. The molecule has 2 aromatic carbocycles. The van der Waals surface area contributed by atoms with Gasteiger partial charge in [0, 0.05) is 24.7 Å². The minimum Gasteiger partial charge on any atom is -0.329 e. The van der Waals surface area contributed by atoms with Crippen LogP contribution in [0.2, 0.25) is 5.02 Å². The van der Waals surface area contributed by atoms with Gasteiger partial charge in [0.25, 0.3) is 0 Å². The van der Waals surface area contributed by atoms with Crippen molar-refractivity contribution in [2.75, 3.05) is 31.5 Å². The summed E-state index contributed by atoms with van der Waals surface area (Å²) in [5.74, 6) is -0.134. The molecular formula is C20H24Cl2N6O. The molecule has 0 aliphatic heterocycles. The number of aromatic nitrogens is 3. The molecule has 0 radical (unpaired) electrons. The van der Waals surface area contributed by atoms with E-state index >= 15 is 0 Å². The van der Waals surface area contributed by atoms with Gasteiger partial charge in [-0.3, -0.25) is 9.69 Å². The van der Waals surface area contributed by atoms with E-state index in [0.717, 1.165) is 13.0 Å². The van der Waals surface area contributed by atoms with Gasteiger partial charge in [-0.1, -0.05) is 41.9 Å². The molecule has 1 heterocycles. The molecule has 0 aliphatic rings. The lowest BCUT2D eigenvalue weighted by Crippen LogP contribution is -2.38. The van der Waals surface area contributed by atoms with Crippen LogP contribution in [0.4, 0.5) is 5.69 Å². The van der Waals surface area contributed by atoms with Gasteiger partial charge in [0.2, 0.25) is 5.91 Å². The number of amides is 1. The fourth-order valence-corrected chi connectivity index (χ4v) is 3.09. The van der Waals surface area contributed by atoms with Gasteiger partial charge in [-0.05, 0) is 30.2 Å². The van der Waals surface area contributed by atoms with E-state index in [-0.39, 0.29) is 24.9 Å². The van der Waals surface area contributed by atoms with Gasteiger partial charge in [-0.15, -0.1) is 12.4 Å². The summed E-state index contributed by atoms with van der Waals surface area (Å²) in [5.41, 5.74) is 8.24. The highest BCUT2D eigenvalue weighted by Gasteiger charge is 2.14. The fraction of sp³-hybridized carbons (Fsp3) is 0.250. The Labute approximate surface area is 181 Å². The molecule has 9 heteroatoms. The quantitative estimate of drug-likeness (QED) is 0.540. The van der Waals surface area contributed by atoms with Crippen molar-refractivity contribution < 1.29 is 4.79 Å². The molecule has 3 N–H and O–H groups in total. The first-order valence-electron chi connectivity index (χ1n) is 9.06. The van der Waals surface area contributed by atoms with E-state index in [0.29, 0.717) is 29.5 Å². The monoisotopic (exact) mass is 434 g/mol. The average Bonchev–Trinajstić information content (AvgIpc) is 3.22. The first-order chi connectivity index (χ1) is 13.7. The Morgan fingerprint density at radius 3 is 2.66 bits per heavy atom. The Kier molecular flexibility index (Phi) is 9.08. The van der Waals surface area contributed by atoms with Crippen molar-refractivity contribution in [1.82, 2.24) is 19.7 Å². The Bertz CT molecular complexity index is 889. The molecule has 3 aromatic rings. The lowest BCUT2D eigenvalue weighted by atomic mass is 10.1. The van der Waals surface area contributed by atoms with Crippen LogP contribution in [0, 0.1) is 0 Å². The lowest BCUT2D eigenvalue weighted by Gasteiger charge is -2.21. The molecule has 0 fully saturated rings. The summed E-state index contributed by atoms with van der Waals surface area (Å²) in [4.78, 5) is 18.7. The van der Waals surface area contributed by atoms with Crippen LogP contribution in [0.15, 0.2) is 61.2 Å². The normalized spacial score (nSPS) is 10.6. The number of carbonyl (C=O) groups is 1. The number of rotatable bonds is 9. The van der Waals surface area contributed by atoms with Gasteiger partial charge in [-0.25, -0.2) is 9.67 Å². The topological polar surface area (TPSA) is 89.1 Å². The van der Waals surface area contributed by atoms with Crippen molar-refractivity contribution in [3.8, 4) is 5.69 Å². The van der Waals surface area contributed by atoms with Gasteiger partial charge >= 0.3 is 0 Å². The molecule has 3 rings (SSSR count). The predicted molar refractivity (Wildman–Crippen MR) is 118 cm³/mol. The molecule has 0 bridgehead atoms. The number of anilines is 1. The Balaban J connectivity index is 0.00000300. The minimum absolute atomic E-state index is 0.